The van der Waals surface area contributed by atoms with E-state index in [1.807, 2.05) is 6.92 Å². The van der Waals surface area contributed by atoms with Gasteiger partial charge in [0.2, 0.25) is 0 Å². The number of rotatable bonds is 8. The van der Waals surface area contributed by atoms with Gasteiger partial charge in [-0.3, -0.25) is 4.79 Å². The molecule has 0 radical (unpaired) electrons. The zero-order valence-corrected chi connectivity index (χ0v) is 18.4. The summed E-state index contributed by atoms with van der Waals surface area (Å²) in [5.74, 6) is -0.516. The number of pyridine rings is 1. The number of aliphatic carboxylic acids is 1. The fourth-order valence-electron chi connectivity index (χ4n) is 2.04. The Balaban J connectivity index is 2.79. The van der Waals surface area contributed by atoms with Crippen molar-refractivity contribution in [3.8, 4) is 0 Å². The Morgan fingerprint density at radius 1 is 1.30 bits per heavy atom. The van der Waals surface area contributed by atoms with Gasteiger partial charge in [0.1, 0.15) is 0 Å². The molecular weight excluding hydrogens is 395 g/mol. The lowest BCUT2D eigenvalue weighted by molar-refractivity contribution is -0.139. The molecule has 1 aromatic rings. The molecule has 0 aliphatic heterocycles. The summed E-state index contributed by atoms with van der Waals surface area (Å²) in [6.45, 7) is 12.3. The highest BCUT2D eigenvalue weighted by atomic mass is 32.2. The van der Waals surface area contributed by atoms with Gasteiger partial charge in [0.25, 0.3) is 0 Å². The van der Waals surface area contributed by atoms with Gasteiger partial charge in [-0.1, -0.05) is 27.7 Å². The van der Waals surface area contributed by atoms with E-state index < -0.39 is 32.1 Å². The molecule has 154 valence electrons. The summed E-state index contributed by atoms with van der Waals surface area (Å²) in [6, 6.07) is 2.34. The van der Waals surface area contributed by atoms with Crippen LogP contribution in [0.4, 0.5) is 13.2 Å². The Labute approximate surface area is 164 Å². The van der Waals surface area contributed by atoms with Crippen molar-refractivity contribution < 1.29 is 27.5 Å². The average molecular weight is 424 g/mol. The van der Waals surface area contributed by atoms with Crippen LogP contribution in [0.15, 0.2) is 23.4 Å². The van der Waals surface area contributed by atoms with Crippen molar-refractivity contribution in [2.45, 2.75) is 69.6 Å². The molecule has 0 saturated heterocycles. The third kappa shape index (κ3) is 7.46. The zero-order valence-electron chi connectivity index (χ0n) is 16.6. The van der Waals surface area contributed by atoms with Gasteiger partial charge < -0.3 is 9.53 Å². The molecule has 2 unspecified atom stereocenters. The van der Waals surface area contributed by atoms with Gasteiger partial charge in [-0.05, 0) is 36.2 Å². The van der Waals surface area contributed by atoms with E-state index in [1.54, 1.807) is 0 Å². The molecule has 0 aliphatic carbocycles. The monoisotopic (exact) mass is 423 g/mol. The Morgan fingerprint density at radius 3 is 2.30 bits per heavy atom. The van der Waals surface area contributed by atoms with Gasteiger partial charge in [-0.25, -0.2) is 4.98 Å². The predicted molar refractivity (Wildman–Crippen MR) is 103 cm³/mol. The van der Waals surface area contributed by atoms with E-state index in [0.29, 0.717) is 10.8 Å². The summed E-state index contributed by atoms with van der Waals surface area (Å²) in [7, 11) is -2.15. The Morgan fingerprint density at radius 2 is 1.89 bits per heavy atom. The maximum absolute atomic E-state index is 12.6. The Kier molecular flexibility index (Phi) is 7.95. The highest BCUT2D eigenvalue weighted by Gasteiger charge is 2.40. The van der Waals surface area contributed by atoms with Crippen LogP contribution in [0.2, 0.25) is 18.1 Å². The molecule has 27 heavy (non-hydrogen) atoms. The number of carboxylic acids is 1. The number of nitrogens with zero attached hydrogens (tertiary/aromatic N) is 1. The molecule has 4 nitrogen and oxygen atoms in total. The Hall–Kier alpha value is -1.06. The number of hydrogen-bond donors (Lipinski definition) is 1. The van der Waals surface area contributed by atoms with Crippen LogP contribution in [0.1, 0.15) is 39.7 Å². The summed E-state index contributed by atoms with van der Waals surface area (Å²) < 4.78 is 44.1. The smallest absolute Gasteiger partial charge is 0.417 e. The average Bonchev–Trinajstić information content (AvgIpc) is 2.49. The molecule has 1 aromatic heterocycles. The standard InChI is InChI=1S/C18H28F3NO3SSi/c1-12(11-26-15-8-7-13(10-22-15)18(19,20)21)14(9-16(23)24)25-27(5,6)17(2,3)4/h7-8,10,12,14H,9,11H2,1-6H3,(H,23,24). The first-order valence-electron chi connectivity index (χ1n) is 8.69. The number of aromatic nitrogens is 1. The number of carboxylic acid groups (broad SMARTS) is 1. The van der Waals surface area contributed by atoms with E-state index in [1.165, 1.54) is 17.8 Å². The Bertz CT molecular complexity index is 630. The second-order valence-corrected chi connectivity index (χ2v) is 14.0. The van der Waals surface area contributed by atoms with Crippen molar-refractivity contribution in [1.29, 1.82) is 0 Å². The van der Waals surface area contributed by atoms with Crippen LogP contribution >= 0.6 is 11.8 Å². The molecule has 1 N–H and O–H groups in total. The van der Waals surface area contributed by atoms with Crippen LogP contribution in [-0.2, 0) is 15.4 Å². The molecule has 0 fully saturated rings. The van der Waals surface area contributed by atoms with Gasteiger partial charge in [0.05, 0.1) is 23.1 Å². The fourth-order valence-corrected chi connectivity index (χ4v) is 4.41. The van der Waals surface area contributed by atoms with Gasteiger partial charge in [-0.2, -0.15) is 13.2 Å². The van der Waals surface area contributed by atoms with E-state index in [-0.39, 0.29) is 17.4 Å². The minimum atomic E-state index is -4.41. The first-order valence-corrected chi connectivity index (χ1v) is 12.6. The van der Waals surface area contributed by atoms with Gasteiger partial charge in [0.15, 0.2) is 8.32 Å². The number of alkyl halides is 3. The van der Waals surface area contributed by atoms with E-state index in [4.69, 9.17) is 4.43 Å². The van der Waals surface area contributed by atoms with Crippen molar-refractivity contribution in [1.82, 2.24) is 4.98 Å². The van der Waals surface area contributed by atoms with Crippen LogP contribution in [0, 0.1) is 5.92 Å². The molecule has 9 heteroatoms. The molecular formula is C18H28F3NO3SSi. The van der Waals surface area contributed by atoms with Crippen molar-refractivity contribution in [3.05, 3.63) is 23.9 Å². The predicted octanol–water partition coefficient (Wildman–Crippen LogP) is 5.69. The van der Waals surface area contributed by atoms with E-state index in [2.05, 4.69) is 38.8 Å². The van der Waals surface area contributed by atoms with Gasteiger partial charge in [-0.15, -0.1) is 11.8 Å². The second kappa shape index (κ2) is 8.96. The fraction of sp³-hybridized carbons (Fsp3) is 0.667. The zero-order chi connectivity index (χ0) is 21.0. The van der Waals surface area contributed by atoms with Crippen LogP contribution in [-0.4, -0.2) is 36.2 Å². The lowest BCUT2D eigenvalue weighted by Gasteiger charge is -2.40. The number of carbonyl (C=O) groups is 1. The lowest BCUT2D eigenvalue weighted by Crippen LogP contribution is -2.46. The first-order chi connectivity index (χ1) is 12.1. The van der Waals surface area contributed by atoms with E-state index in [0.717, 1.165) is 12.3 Å². The highest BCUT2D eigenvalue weighted by Crippen LogP contribution is 2.39. The van der Waals surface area contributed by atoms with Crippen LogP contribution < -0.4 is 0 Å². The maximum Gasteiger partial charge on any atom is 0.417 e. The third-order valence-electron chi connectivity index (χ3n) is 4.82. The van der Waals surface area contributed by atoms with E-state index in [9.17, 15) is 23.1 Å². The van der Waals surface area contributed by atoms with Crippen LogP contribution in [0.3, 0.4) is 0 Å². The van der Waals surface area contributed by atoms with Crippen LogP contribution in [0.5, 0.6) is 0 Å². The maximum atomic E-state index is 12.6. The minimum Gasteiger partial charge on any atom is -0.481 e. The SMILES string of the molecule is CC(CSc1ccc(C(F)(F)F)cn1)C(CC(=O)O)O[Si](C)(C)C(C)(C)C. The molecule has 0 bridgehead atoms. The number of halogens is 3. The first kappa shape index (κ1) is 24.0. The third-order valence-corrected chi connectivity index (χ3v) is 10.6. The molecule has 2 atom stereocenters. The molecule has 0 amide bonds. The van der Waals surface area contributed by atoms with Crippen molar-refractivity contribution in [2.24, 2.45) is 5.92 Å². The quantitative estimate of drug-likeness (QED) is 0.430. The second-order valence-electron chi connectivity index (χ2n) is 8.19. The minimum absolute atomic E-state index is 0.0500. The number of hydrogen-bond acceptors (Lipinski definition) is 4. The summed E-state index contributed by atoms with van der Waals surface area (Å²) in [5.41, 5.74) is -0.787. The molecule has 0 spiro atoms. The summed E-state index contributed by atoms with van der Waals surface area (Å²) in [6.07, 6.45) is -4.15. The van der Waals surface area contributed by atoms with Gasteiger partial charge in [0, 0.05) is 11.9 Å². The van der Waals surface area contributed by atoms with E-state index >= 15 is 0 Å². The largest absolute Gasteiger partial charge is 0.481 e. The number of thioether (sulfide) groups is 1. The normalized spacial score (nSPS) is 15.4. The summed E-state index contributed by atoms with van der Waals surface area (Å²) in [4.78, 5) is 15.1. The summed E-state index contributed by atoms with van der Waals surface area (Å²) >= 11 is 1.30. The van der Waals surface area contributed by atoms with Crippen molar-refractivity contribution in [2.75, 3.05) is 5.75 Å². The van der Waals surface area contributed by atoms with Crippen molar-refractivity contribution in [3.63, 3.8) is 0 Å². The lowest BCUT2D eigenvalue weighted by atomic mass is 10.0. The molecule has 1 rings (SSSR count). The highest BCUT2D eigenvalue weighted by molar-refractivity contribution is 7.99. The molecule has 0 saturated carbocycles. The van der Waals surface area contributed by atoms with Gasteiger partial charge >= 0.3 is 12.1 Å². The van der Waals surface area contributed by atoms with Crippen molar-refractivity contribution >= 4 is 26.0 Å². The topological polar surface area (TPSA) is 59.4 Å². The molecule has 0 aromatic carbocycles. The summed E-state index contributed by atoms with van der Waals surface area (Å²) in [5, 5.41) is 9.65. The molecule has 1 heterocycles. The molecule has 0 aliphatic rings. The van der Waals surface area contributed by atoms with Crippen LogP contribution in [0.25, 0.3) is 0 Å².